The van der Waals surface area contributed by atoms with E-state index in [2.05, 4.69) is 11.6 Å². The molecule has 0 unspecified atom stereocenters. The second-order valence-electron chi connectivity index (χ2n) is 4.65. The lowest BCUT2D eigenvalue weighted by Gasteiger charge is -2.20. The Hall–Kier alpha value is -2.72. The molecule has 3 rings (SSSR count). The molecule has 1 aliphatic heterocycles. The van der Waals surface area contributed by atoms with E-state index in [9.17, 15) is 4.79 Å². The number of carbonyl (C=O) groups is 1. The lowest BCUT2D eigenvalue weighted by Crippen LogP contribution is -2.15. The Labute approximate surface area is 122 Å². The number of para-hydroxylation sites is 2. The fourth-order valence-electron chi connectivity index (χ4n) is 2.43. The number of hydrogen-bond donors (Lipinski definition) is 1. The van der Waals surface area contributed by atoms with Crippen LogP contribution in [0.15, 0.2) is 71.9 Å². The van der Waals surface area contributed by atoms with E-state index in [4.69, 9.17) is 5.11 Å². The van der Waals surface area contributed by atoms with Gasteiger partial charge < -0.3 is 10.0 Å². The van der Waals surface area contributed by atoms with E-state index >= 15 is 0 Å². The van der Waals surface area contributed by atoms with Crippen LogP contribution in [0.2, 0.25) is 0 Å². The van der Waals surface area contributed by atoms with E-state index in [0.717, 1.165) is 16.9 Å². The maximum absolute atomic E-state index is 11.5. The van der Waals surface area contributed by atoms with E-state index in [1.165, 1.54) is 0 Å². The van der Waals surface area contributed by atoms with Gasteiger partial charge in [0.15, 0.2) is 0 Å². The second kappa shape index (κ2) is 5.34. The van der Waals surface area contributed by atoms with Crippen LogP contribution in [0.1, 0.15) is 5.56 Å². The third kappa shape index (κ3) is 2.26. The van der Waals surface area contributed by atoms with Crippen molar-refractivity contribution < 1.29 is 9.90 Å². The molecule has 0 bridgehead atoms. The number of aliphatic hydroxyl groups is 1. The predicted octanol–water partition coefficient (Wildman–Crippen LogP) is 2.66. The normalized spacial score (nSPS) is 15.4. The van der Waals surface area contributed by atoms with E-state index in [0.29, 0.717) is 11.4 Å². The van der Waals surface area contributed by atoms with Crippen LogP contribution in [0.3, 0.4) is 0 Å². The molecule has 104 valence electrons. The molecule has 4 heteroatoms. The first-order valence-electron chi connectivity index (χ1n) is 6.58. The van der Waals surface area contributed by atoms with Crippen LogP contribution in [0.5, 0.6) is 0 Å². The monoisotopic (exact) mass is 278 g/mol. The fourth-order valence-corrected chi connectivity index (χ4v) is 2.43. The smallest absolute Gasteiger partial charge is 0.271 e. The highest BCUT2D eigenvalue weighted by Crippen LogP contribution is 2.39. The quantitative estimate of drug-likeness (QED) is 0.918. The van der Waals surface area contributed by atoms with Crippen LogP contribution in [-0.4, -0.2) is 23.3 Å². The maximum atomic E-state index is 11.5. The molecular formula is C17H14N2O2. The molecule has 0 atom stereocenters. The Balaban J connectivity index is 2.15. The average Bonchev–Trinajstić information content (AvgIpc) is 2.80. The molecule has 2 aromatic rings. The standard InChI is InChI=1S/C17H14N2O2/c1-12-17(18-16(21)11-20)14-9-5-6-10-15(14)19(12)13-7-3-2-4-8-13/h2-10,20H,1,11H2. The van der Waals surface area contributed by atoms with Crippen LogP contribution in [-0.2, 0) is 4.79 Å². The van der Waals surface area contributed by atoms with Gasteiger partial charge in [0.05, 0.1) is 17.1 Å². The van der Waals surface area contributed by atoms with Gasteiger partial charge >= 0.3 is 0 Å². The lowest BCUT2D eigenvalue weighted by molar-refractivity contribution is -0.120. The van der Waals surface area contributed by atoms with Crippen LogP contribution in [0.4, 0.5) is 11.4 Å². The Morgan fingerprint density at radius 3 is 2.48 bits per heavy atom. The molecule has 0 radical (unpaired) electrons. The Kier molecular flexibility index (Phi) is 3.38. The number of rotatable bonds is 2. The summed E-state index contributed by atoms with van der Waals surface area (Å²) >= 11 is 0. The molecule has 1 aliphatic rings. The van der Waals surface area contributed by atoms with E-state index in [1.54, 1.807) is 0 Å². The third-order valence-corrected chi connectivity index (χ3v) is 3.33. The SMILES string of the molecule is C=C1C(=NC(=O)CO)c2ccccc2N1c1ccccc1. The zero-order valence-electron chi connectivity index (χ0n) is 11.4. The average molecular weight is 278 g/mol. The van der Waals surface area contributed by atoms with Gasteiger partial charge in [-0.1, -0.05) is 43.0 Å². The van der Waals surface area contributed by atoms with Gasteiger partial charge in [0.25, 0.3) is 5.91 Å². The minimum atomic E-state index is -0.607. The topological polar surface area (TPSA) is 52.9 Å². The number of fused-ring (bicyclic) bond motifs is 1. The van der Waals surface area contributed by atoms with Gasteiger partial charge in [-0.15, -0.1) is 0 Å². The van der Waals surface area contributed by atoms with Gasteiger partial charge in [-0.3, -0.25) is 4.79 Å². The van der Waals surface area contributed by atoms with Crippen molar-refractivity contribution in [1.82, 2.24) is 0 Å². The maximum Gasteiger partial charge on any atom is 0.271 e. The Bertz CT molecular complexity index is 735. The summed E-state index contributed by atoms with van der Waals surface area (Å²) in [4.78, 5) is 17.4. The van der Waals surface area contributed by atoms with Crippen molar-refractivity contribution in [2.45, 2.75) is 0 Å². The number of hydrogen-bond acceptors (Lipinski definition) is 3. The largest absolute Gasteiger partial charge is 0.386 e. The summed E-state index contributed by atoms with van der Waals surface area (Å²) in [5, 5.41) is 8.91. The Morgan fingerprint density at radius 1 is 1.10 bits per heavy atom. The number of aliphatic imine (C=N–C) groups is 1. The molecule has 1 amide bonds. The molecule has 1 heterocycles. The minimum Gasteiger partial charge on any atom is -0.386 e. The van der Waals surface area contributed by atoms with Crippen LogP contribution >= 0.6 is 0 Å². The summed E-state index contributed by atoms with van der Waals surface area (Å²) in [6.45, 7) is 3.45. The fraction of sp³-hybridized carbons (Fsp3) is 0.0588. The highest BCUT2D eigenvalue weighted by molar-refractivity contribution is 6.25. The number of anilines is 2. The molecule has 2 aromatic carbocycles. The molecule has 0 spiro atoms. The summed E-state index contributed by atoms with van der Waals surface area (Å²) in [5.74, 6) is -0.573. The van der Waals surface area contributed by atoms with Gasteiger partial charge in [0, 0.05) is 11.3 Å². The van der Waals surface area contributed by atoms with Gasteiger partial charge in [0.1, 0.15) is 6.61 Å². The van der Waals surface area contributed by atoms with E-state index in [-0.39, 0.29) is 0 Å². The van der Waals surface area contributed by atoms with Crippen molar-refractivity contribution in [3.8, 4) is 0 Å². The van der Waals surface area contributed by atoms with Gasteiger partial charge in [-0.25, -0.2) is 4.99 Å². The van der Waals surface area contributed by atoms with E-state index < -0.39 is 12.5 Å². The number of allylic oxidation sites excluding steroid dienone is 1. The van der Waals surface area contributed by atoms with Crippen molar-refractivity contribution in [2.24, 2.45) is 4.99 Å². The highest BCUT2D eigenvalue weighted by Gasteiger charge is 2.30. The van der Waals surface area contributed by atoms with Gasteiger partial charge in [-0.2, -0.15) is 0 Å². The number of aliphatic hydroxyl groups excluding tert-OH is 1. The third-order valence-electron chi connectivity index (χ3n) is 3.33. The van der Waals surface area contributed by atoms with Crippen molar-refractivity contribution in [3.05, 3.63) is 72.4 Å². The molecule has 0 aromatic heterocycles. The Morgan fingerprint density at radius 2 is 1.76 bits per heavy atom. The van der Waals surface area contributed by atoms with Crippen molar-refractivity contribution in [2.75, 3.05) is 11.5 Å². The molecule has 0 saturated heterocycles. The molecule has 21 heavy (non-hydrogen) atoms. The lowest BCUT2D eigenvalue weighted by atomic mass is 10.1. The summed E-state index contributed by atoms with van der Waals surface area (Å²) in [6.07, 6.45) is 0. The first kappa shape index (κ1) is 13.3. The number of carbonyl (C=O) groups excluding carboxylic acids is 1. The first-order chi connectivity index (χ1) is 10.2. The minimum absolute atomic E-state index is 0.508. The molecule has 0 saturated carbocycles. The van der Waals surface area contributed by atoms with E-state index in [1.807, 2.05) is 59.5 Å². The summed E-state index contributed by atoms with van der Waals surface area (Å²) < 4.78 is 0. The summed E-state index contributed by atoms with van der Waals surface area (Å²) in [7, 11) is 0. The van der Waals surface area contributed by atoms with Crippen LogP contribution in [0.25, 0.3) is 0 Å². The number of benzene rings is 2. The van der Waals surface area contributed by atoms with Crippen molar-refractivity contribution in [1.29, 1.82) is 0 Å². The first-order valence-corrected chi connectivity index (χ1v) is 6.58. The molecular weight excluding hydrogens is 264 g/mol. The summed E-state index contributed by atoms with van der Waals surface area (Å²) in [6, 6.07) is 17.4. The molecule has 0 fully saturated rings. The van der Waals surface area contributed by atoms with Gasteiger partial charge in [-0.05, 0) is 18.2 Å². The van der Waals surface area contributed by atoms with Crippen LogP contribution in [0, 0.1) is 0 Å². The van der Waals surface area contributed by atoms with Gasteiger partial charge in [0.2, 0.25) is 0 Å². The molecule has 4 nitrogen and oxygen atoms in total. The number of amides is 1. The van der Waals surface area contributed by atoms with Crippen molar-refractivity contribution >= 4 is 23.0 Å². The second-order valence-corrected chi connectivity index (χ2v) is 4.65. The molecule has 1 N–H and O–H groups in total. The summed E-state index contributed by atoms with van der Waals surface area (Å²) in [5.41, 5.74) is 3.86. The van der Waals surface area contributed by atoms with Crippen LogP contribution < -0.4 is 4.90 Å². The predicted molar refractivity (Wildman–Crippen MR) is 82.8 cm³/mol. The zero-order valence-corrected chi connectivity index (χ0v) is 11.4. The highest BCUT2D eigenvalue weighted by atomic mass is 16.3. The number of nitrogens with zero attached hydrogens (tertiary/aromatic N) is 2. The molecule has 0 aliphatic carbocycles. The zero-order chi connectivity index (χ0) is 14.8. The van der Waals surface area contributed by atoms with Crippen molar-refractivity contribution in [3.63, 3.8) is 0 Å².